The van der Waals surface area contributed by atoms with Gasteiger partial charge < -0.3 is 96.6 Å². The van der Waals surface area contributed by atoms with Crippen molar-refractivity contribution in [2.24, 2.45) is 0 Å². The summed E-state index contributed by atoms with van der Waals surface area (Å²) < 4.78 is 57.2. The summed E-state index contributed by atoms with van der Waals surface area (Å²) >= 11 is 0. The van der Waals surface area contributed by atoms with Crippen LogP contribution in [0, 0.1) is 0 Å². The second-order valence-corrected chi connectivity index (χ2v) is 22.3. The molecule has 1 aromatic rings. The van der Waals surface area contributed by atoms with Crippen LogP contribution in [0.25, 0.3) is 0 Å². The fourth-order valence-corrected chi connectivity index (χ4v) is 9.99. The molecule has 84 heavy (non-hydrogen) atoms. The van der Waals surface area contributed by atoms with E-state index in [0.717, 1.165) is 33.0 Å². The third kappa shape index (κ3) is 22.9. The van der Waals surface area contributed by atoms with Crippen LogP contribution >= 0.6 is 15.6 Å². The average Bonchev–Trinajstić information content (AvgIpc) is 3.19. The number of carboxylic acid groups (broad SMARTS) is 2. The summed E-state index contributed by atoms with van der Waals surface area (Å²) in [6.07, 6.45) is -17.1. The lowest BCUT2D eigenvalue weighted by Gasteiger charge is -2.44. The normalized spacial score (nSPS) is 24.8. The molecule has 16 N–H and O–H groups in total. The highest BCUT2D eigenvalue weighted by atomic mass is 31.3. The van der Waals surface area contributed by atoms with E-state index in [1.54, 1.807) is 0 Å². The number of aromatic amines is 1. The molecule has 2 fully saturated rings. The first kappa shape index (κ1) is 71.8. The van der Waals surface area contributed by atoms with Gasteiger partial charge in [-0.05, 0) is 60.3 Å². The number of aromatic nitrogens is 2. The smallest absolute Gasteiger partial charge is 0.480 e. The monoisotopic (exact) mass is 1250 g/mol. The number of amides is 7. The van der Waals surface area contributed by atoms with E-state index in [4.69, 9.17) is 23.8 Å². The minimum absolute atomic E-state index is 0.0263. The Bertz CT molecular complexity index is 2750. The third-order valence-electron chi connectivity index (χ3n) is 12.4. The van der Waals surface area contributed by atoms with Gasteiger partial charge in [0, 0.05) is 45.0 Å². The largest absolute Gasteiger partial charge is 0.483 e. The summed E-state index contributed by atoms with van der Waals surface area (Å²) in [5.41, 5.74) is -1.89. The molecule has 474 valence electrons. The van der Waals surface area contributed by atoms with Gasteiger partial charge in [0.15, 0.2) is 12.5 Å². The molecule has 39 heteroatoms. The van der Waals surface area contributed by atoms with Crippen molar-refractivity contribution >= 4 is 74.7 Å². The highest BCUT2D eigenvalue weighted by Gasteiger charge is 2.52. The molecule has 1 aromatic heterocycles. The number of carboxylic acids is 2. The fraction of sp³-hybridized carbons (Fsp3) is 0.689. The predicted molar refractivity (Wildman–Crippen MR) is 277 cm³/mol. The Kier molecular flexibility index (Phi) is 28.0. The number of unbranched alkanes of at least 4 members (excludes halogenated alkanes) is 1. The first-order valence-corrected chi connectivity index (χ1v) is 28.7. The van der Waals surface area contributed by atoms with Gasteiger partial charge in [-0.25, -0.2) is 18.7 Å². The first-order chi connectivity index (χ1) is 39.1. The zero-order valence-electron chi connectivity index (χ0n) is 46.0. The van der Waals surface area contributed by atoms with Crippen molar-refractivity contribution in [3.05, 3.63) is 33.1 Å². The van der Waals surface area contributed by atoms with Crippen molar-refractivity contribution in [3.63, 3.8) is 0 Å². The molecule has 0 bridgehead atoms. The number of phosphoric ester groups is 2. The third-order valence-corrected chi connectivity index (χ3v) is 15.0. The highest BCUT2D eigenvalue weighted by Crippen LogP contribution is 2.61. The van der Waals surface area contributed by atoms with Crippen LogP contribution in [0.5, 0.6) is 0 Å². The topological polar surface area (TPSA) is 561 Å². The Labute approximate surface area is 476 Å². The summed E-state index contributed by atoms with van der Waals surface area (Å²) in [5, 5.41) is 77.3. The van der Waals surface area contributed by atoms with Crippen molar-refractivity contribution in [2.75, 3.05) is 19.8 Å². The molecule has 7 amide bonds. The predicted octanol–water partition coefficient (Wildman–Crippen LogP) is -6.15. The molecule has 0 saturated carbocycles. The number of nitrogens with one attached hydrogen (secondary N) is 8. The van der Waals surface area contributed by atoms with Crippen LogP contribution in [-0.2, 0) is 84.6 Å². The van der Waals surface area contributed by atoms with E-state index in [2.05, 4.69) is 46.1 Å². The summed E-state index contributed by atoms with van der Waals surface area (Å²) in [6, 6.07) is -8.47. The summed E-state index contributed by atoms with van der Waals surface area (Å²) in [5.74, 6) is -9.57. The van der Waals surface area contributed by atoms with Gasteiger partial charge in [0.2, 0.25) is 41.4 Å². The lowest BCUT2D eigenvalue weighted by atomic mass is 9.96. The van der Waals surface area contributed by atoms with Gasteiger partial charge in [-0.3, -0.25) is 61.7 Å². The number of aliphatic carboxylic acids is 2. The van der Waals surface area contributed by atoms with Crippen LogP contribution in [0.4, 0.5) is 0 Å². The van der Waals surface area contributed by atoms with Crippen molar-refractivity contribution in [1.82, 2.24) is 46.8 Å². The Morgan fingerprint density at radius 3 is 1.90 bits per heavy atom. The van der Waals surface area contributed by atoms with Crippen LogP contribution < -0.4 is 48.5 Å². The number of H-pyrrole nitrogens is 1. The number of carbonyl (C=O) groups excluding carboxylic acids is 8. The van der Waals surface area contributed by atoms with Crippen molar-refractivity contribution in [3.8, 4) is 0 Å². The van der Waals surface area contributed by atoms with Gasteiger partial charge in [-0.15, -0.1) is 0 Å². The molecule has 0 aliphatic carbocycles. The Balaban J connectivity index is 1.66. The van der Waals surface area contributed by atoms with Crippen molar-refractivity contribution in [2.45, 2.75) is 178 Å². The Hall–Kier alpha value is -6.44. The minimum atomic E-state index is -5.97. The van der Waals surface area contributed by atoms with Gasteiger partial charge in [-0.2, -0.15) is 4.31 Å². The highest BCUT2D eigenvalue weighted by molar-refractivity contribution is 7.61. The van der Waals surface area contributed by atoms with E-state index < -0.39 is 198 Å². The number of aliphatic hydroxyl groups is 4. The van der Waals surface area contributed by atoms with Gasteiger partial charge >= 0.3 is 33.3 Å². The van der Waals surface area contributed by atoms with E-state index >= 15 is 0 Å². The molecule has 2 saturated heterocycles. The summed E-state index contributed by atoms with van der Waals surface area (Å²) in [6.45, 7) is 4.62. The second kappa shape index (κ2) is 32.7. The lowest BCUT2D eigenvalue weighted by molar-refractivity contribution is -0.261. The first-order valence-electron chi connectivity index (χ1n) is 25.7. The lowest BCUT2D eigenvalue weighted by Crippen LogP contribution is -2.66. The number of hydrogen-bond acceptors (Lipinski definition) is 24. The van der Waals surface area contributed by atoms with E-state index in [0.29, 0.717) is 4.57 Å². The molecule has 0 spiro atoms. The number of phosphoric acid groups is 2. The van der Waals surface area contributed by atoms with Gasteiger partial charge in [-0.1, -0.05) is 0 Å². The van der Waals surface area contributed by atoms with Gasteiger partial charge in [0.1, 0.15) is 84.8 Å². The van der Waals surface area contributed by atoms with Crippen molar-refractivity contribution < 1.29 is 125 Å². The standard InChI is InChI=1S/C45H71N9O28P2/c1-19(56)10-12-29(58)46-15-8-7-9-25(40(67)48-20(2)37(64)49-22(4)42(68)69)51-30(59)13-11-26(43(70)71)52-38(65)21(3)47-39(66)23(5)78-36-32(50-24(6)57)44(80-27(17-55)34(36)62)81-84(75,76)82-83(73,74)77-18-28-33(61)35(63)41(79-28)54-16-14-31(60)53-45(54)72/h14,16,20-23,25-28,32-36,41,44,55,61-63H,7-13,15,17-18H2,1-6H3,(H,46,58)(H,47,66)(H,48,67)(H,49,64)(H,50,57)(H,51,59)(H,52,65)(H,68,69)(H,70,71)(H,73,74)(H,75,76)(H,53,60,72)/t20-,21-,22-,23?,25-,26-,27+,28+,32+,33+,34+,35+,36+,41+,44+/m0/s1. The molecular formula is C45H71N9O28P2. The quantitative estimate of drug-likeness (QED) is 0.0226. The molecule has 0 radical (unpaired) electrons. The van der Waals surface area contributed by atoms with Crippen LogP contribution in [0.15, 0.2) is 21.9 Å². The van der Waals surface area contributed by atoms with Crippen LogP contribution in [0.2, 0.25) is 0 Å². The summed E-state index contributed by atoms with van der Waals surface area (Å²) in [7, 11) is -11.8. The number of nitrogens with zero attached hydrogens (tertiary/aromatic N) is 1. The number of aliphatic hydroxyl groups excluding tert-OH is 4. The maximum atomic E-state index is 13.4. The molecular weight excluding hydrogens is 1180 g/mol. The number of carbonyl (C=O) groups is 10. The van der Waals surface area contributed by atoms with Gasteiger partial charge in [0.25, 0.3) is 5.56 Å². The van der Waals surface area contributed by atoms with Crippen LogP contribution in [0.1, 0.15) is 92.7 Å². The Morgan fingerprint density at radius 2 is 1.32 bits per heavy atom. The second-order valence-electron chi connectivity index (χ2n) is 19.3. The number of rotatable bonds is 34. The Morgan fingerprint density at radius 1 is 0.702 bits per heavy atom. The SMILES string of the molecule is CC(=O)CCC(=O)NCCCC[C@H](NC(=O)CC[C@H](NC(=O)[C@H](C)NC(=O)C(C)O[C@H]1[C@H](O)[C@@H](CO)O[C@H](OP(=O)(O)OP(=O)(O)OC[C@H]2O[C@@H](n3ccc(=O)[nH]c3=O)[C@H](O)[C@@H]2O)[C@@H]1NC(C)=O)C(=O)O)C(=O)N[C@@H](C)C(=O)N[C@@H](C)C(=O)O. The number of ether oxygens (including phenoxy) is 3. The number of ketones is 1. The number of Topliss-reactive ketones (excluding diaryl/α,β-unsaturated/α-hetero) is 1. The maximum Gasteiger partial charge on any atom is 0.483 e. The molecule has 3 heterocycles. The zero-order valence-corrected chi connectivity index (χ0v) is 47.8. The van der Waals surface area contributed by atoms with E-state index in [-0.39, 0.29) is 44.4 Å². The van der Waals surface area contributed by atoms with Crippen molar-refractivity contribution in [1.29, 1.82) is 0 Å². The van der Waals surface area contributed by atoms with Crippen LogP contribution in [-0.4, -0.2) is 214 Å². The zero-order chi connectivity index (χ0) is 63.6. The van der Waals surface area contributed by atoms with E-state index in [1.807, 2.05) is 4.98 Å². The van der Waals surface area contributed by atoms with E-state index in [1.165, 1.54) is 20.8 Å². The molecule has 0 aromatic carbocycles. The number of hydrogen-bond donors (Lipinski definition) is 16. The van der Waals surface area contributed by atoms with Gasteiger partial charge in [0.05, 0.1) is 13.2 Å². The van der Waals surface area contributed by atoms with Crippen LogP contribution in [0.3, 0.4) is 0 Å². The summed E-state index contributed by atoms with van der Waals surface area (Å²) in [4.78, 5) is 171. The molecule has 37 nitrogen and oxygen atoms in total. The minimum Gasteiger partial charge on any atom is -0.480 e. The molecule has 3 unspecified atom stereocenters. The molecule has 17 atom stereocenters. The molecule has 3 rings (SSSR count). The maximum absolute atomic E-state index is 13.4. The molecule has 2 aliphatic heterocycles. The fourth-order valence-electron chi connectivity index (χ4n) is 7.82. The average molecular weight is 1250 g/mol. The van der Waals surface area contributed by atoms with E-state index in [9.17, 15) is 102 Å². The molecule has 2 aliphatic rings.